The summed E-state index contributed by atoms with van der Waals surface area (Å²) in [5.74, 6) is -0.0128. The minimum Gasteiger partial charge on any atom is -0.323 e. The maximum atomic E-state index is 12.3. The second-order valence-electron chi connectivity index (χ2n) is 4.79. The molecule has 19 heavy (non-hydrogen) atoms. The van der Waals surface area contributed by atoms with Crippen LogP contribution in [-0.2, 0) is 11.8 Å². The van der Waals surface area contributed by atoms with Crippen molar-refractivity contribution in [2.24, 2.45) is 7.05 Å². The number of hydrogen-bond donors (Lipinski definition) is 2. The van der Waals surface area contributed by atoms with E-state index in [1.54, 1.807) is 19.3 Å². The lowest BCUT2D eigenvalue weighted by Gasteiger charge is -2.26. The fourth-order valence-corrected chi connectivity index (χ4v) is 2.38. The Balaban J connectivity index is 0.00000180. The molecule has 1 aliphatic rings. The minimum atomic E-state index is -0.450. The Kier molecular flexibility index (Phi) is 5.14. The van der Waals surface area contributed by atoms with Gasteiger partial charge in [0.25, 0.3) is 0 Å². The van der Waals surface area contributed by atoms with Gasteiger partial charge in [0, 0.05) is 19.3 Å². The second-order valence-corrected chi connectivity index (χ2v) is 4.79. The first kappa shape index (κ1) is 15.7. The van der Waals surface area contributed by atoms with E-state index in [1.165, 1.54) is 10.6 Å². The number of anilines is 1. The van der Waals surface area contributed by atoms with Crippen LogP contribution in [0.15, 0.2) is 23.1 Å². The Hall–Kier alpha value is -1.33. The van der Waals surface area contributed by atoms with E-state index in [0.29, 0.717) is 5.69 Å². The van der Waals surface area contributed by atoms with Crippen LogP contribution < -0.4 is 16.2 Å². The molecule has 2 rings (SSSR count). The number of carbonyl (C=O) groups is 1. The molecule has 0 aromatic carbocycles. The van der Waals surface area contributed by atoms with E-state index in [2.05, 4.69) is 10.6 Å². The molecule has 2 heterocycles. The minimum absolute atomic E-state index is 0. The van der Waals surface area contributed by atoms with Gasteiger partial charge in [0.1, 0.15) is 0 Å². The van der Waals surface area contributed by atoms with Crippen molar-refractivity contribution in [3.05, 3.63) is 28.7 Å². The van der Waals surface area contributed by atoms with Crippen LogP contribution in [0.3, 0.4) is 0 Å². The number of nitrogens with one attached hydrogen (secondary N) is 2. The van der Waals surface area contributed by atoms with Crippen molar-refractivity contribution in [3.8, 4) is 0 Å². The number of aryl methyl sites for hydroxylation is 1. The highest BCUT2D eigenvalue weighted by Crippen LogP contribution is 2.24. The van der Waals surface area contributed by atoms with Crippen molar-refractivity contribution >= 4 is 24.0 Å². The smallest absolute Gasteiger partial charge is 0.250 e. The van der Waals surface area contributed by atoms with Crippen LogP contribution in [0.5, 0.6) is 0 Å². The van der Waals surface area contributed by atoms with Crippen LogP contribution in [-0.4, -0.2) is 22.6 Å². The van der Waals surface area contributed by atoms with Gasteiger partial charge in [-0.05, 0) is 31.9 Å². The molecule has 0 radical (unpaired) electrons. The van der Waals surface area contributed by atoms with Crippen LogP contribution >= 0.6 is 12.4 Å². The number of nitrogens with zero attached hydrogens (tertiary/aromatic N) is 1. The molecule has 1 unspecified atom stereocenters. The molecule has 6 heteroatoms. The number of hydrogen-bond acceptors (Lipinski definition) is 3. The fourth-order valence-electron chi connectivity index (χ4n) is 2.38. The molecule has 0 spiro atoms. The van der Waals surface area contributed by atoms with Gasteiger partial charge in [-0.3, -0.25) is 9.59 Å². The molecular formula is C13H20ClN3O2. The molecule has 1 aromatic heterocycles. The number of pyridine rings is 1. The zero-order valence-corrected chi connectivity index (χ0v) is 12.0. The topological polar surface area (TPSA) is 63.1 Å². The molecule has 5 nitrogen and oxygen atoms in total. The average molecular weight is 286 g/mol. The Labute approximate surface area is 118 Å². The van der Waals surface area contributed by atoms with Crippen LogP contribution in [0.25, 0.3) is 0 Å². The quantitative estimate of drug-likeness (QED) is 0.879. The van der Waals surface area contributed by atoms with Gasteiger partial charge in [-0.15, -0.1) is 12.4 Å². The summed E-state index contributed by atoms with van der Waals surface area (Å²) in [7, 11) is 1.67. The highest BCUT2D eigenvalue weighted by atomic mass is 35.5. The Morgan fingerprint density at radius 2 is 2.26 bits per heavy atom. The average Bonchev–Trinajstić information content (AvgIpc) is 2.84. The normalized spacial score (nSPS) is 21.8. The first-order chi connectivity index (χ1) is 8.57. The molecule has 1 aromatic rings. The van der Waals surface area contributed by atoms with E-state index in [4.69, 9.17) is 0 Å². The summed E-state index contributed by atoms with van der Waals surface area (Å²) < 4.78 is 1.45. The molecule has 1 saturated heterocycles. The van der Waals surface area contributed by atoms with Gasteiger partial charge in [0.15, 0.2) is 0 Å². The van der Waals surface area contributed by atoms with Crippen LogP contribution in [0.4, 0.5) is 5.69 Å². The van der Waals surface area contributed by atoms with Crippen molar-refractivity contribution in [1.29, 1.82) is 0 Å². The molecule has 1 atom stereocenters. The van der Waals surface area contributed by atoms with Gasteiger partial charge in [0.2, 0.25) is 11.5 Å². The lowest BCUT2D eigenvalue weighted by Crippen LogP contribution is -2.50. The Bertz CT molecular complexity index is 507. The van der Waals surface area contributed by atoms with Crippen molar-refractivity contribution in [2.75, 3.05) is 11.9 Å². The largest absolute Gasteiger partial charge is 0.323 e. The maximum Gasteiger partial charge on any atom is 0.250 e. The SMILES string of the molecule is CCC1(C(=O)Nc2ccc(=O)n(C)c2)CCCN1.Cl. The maximum absolute atomic E-state index is 12.3. The van der Waals surface area contributed by atoms with E-state index in [1.807, 2.05) is 6.92 Å². The van der Waals surface area contributed by atoms with Crippen molar-refractivity contribution in [2.45, 2.75) is 31.7 Å². The van der Waals surface area contributed by atoms with E-state index in [-0.39, 0.29) is 23.9 Å². The van der Waals surface area contributed by atoms with E-state index in [0.717, 1.165) is 25.8 Å². The van der Waals surface area contributed by atoms with Crippen molar-refractivity contribution in [1.82, 2.24) is 9.88 Å². The van der Waals surface area contributed by atoms with Crippen LogP contribution in [0, 0.1) is 0 Å². The Morgan fingerprint density at radius 1 is 1.53 bits per heavy atom. The van der Waals surface area contributed by atoms with E-state index in [9.17, 15) is 9.59 Å². The van der Waals surface area contributed by atoms with E-state index < -0.39 is 5.54 Å². The third-order valence-corrected chi connectivity index (χ3v) is 3.63. The Morgan fingerprint density at radius 3 is 2.79 bits per heavy atom. The molecule has 0 bridgehead atoms. The van der Waals surface area contributed by atoms with Gasteiger partial charge in [0.05, 0.1) is 11.2 Å². The lowest BCUT2D eigenvalue weighted by atomic mass is 9.93. The molecule has 0 aliphatic carbocycles. The monoisotopic (exact) mass is 285 g/mol. The lowest BCUT2D eigenvalue weighted by molar-refractivity contribution is -0.122. The summed E-state index contributed by atoms with van der Waals surface area (Å²) in [6.07, 6.45) is 4.29. The molecule has 1 amide bonds. The highest BCUT2D eigenvalue weighted by molar-refractivity contribution is 5.98. The molecule has 1 aliphatic heterocycles. The predicted octanol–water partition coefficient (Wildman–Crippen LogP) is 1.28. The number of rotatable bonds is 3. The van der Waals surface area contributed by atoms with Crippen molar-refractivity contribution < 1.29 is 4.79 Å². The first-order valence-electron chi connectivity index (χ1n) is 6.30. The number of aromatic nitrogens is 1. The van der Waals surface area contributed by atoms with Gasteiger partial charge in [-0.25, -0.2) is 0 Å². The summed E-state index contributed by atoms with van der Waals surface area (Å²) in [5, 5.41) is 6.17. The van der Waals surface area contributed by atoms with Gasteiger partial charge >= 0.3 is 0 Å². The summed E-state index contributed by atoms with van der Waals surface area (Å²) in [6.45, 7) is 2.90. The molecule has 2 N–H and O–H groups in total. The summed E-state index contributed by atoms with van der Waals surface area (Å²) in [5.41, 5.74) is 0.121. The summed E-state index contributed by atoms with van der Waals surface area (Å²) >= 11 is 0. The van der Waals surface area contributed by atoms with Gasteiger partial charge in [-0.2, -0.15) is 0 Å². The molecular weight excluding hydrogens is 266 g/mol. The van der Waals surface area contributed by atoms with Crippen molar-refractivity contribution in [3.63, 3.8) is 0 Å². The van der Waals surface area contributed by atoms with Crippen LogP contribution in [0.1, 0.15) is 26.2 Å². The number of carbonyl (C=O) groups excluding carboxylic acids is 1. The van der Waals surface area contributed by atoms with Crippen LogP contribution in [0.2, 0.25) is 0 Å². The second kappa shape index (κ2) is 6.21. The highest BCUT2D eigenvalue weighted by Gasteiger charge is 2.39. The fraction of sp³-hybridized carbons (Fsp3) is 0.538. The summed E-state index contributed by atoms with van der Waals surface area (Å²) in [4.78, 5) is 23.6. The number of halogens is 1. The van der Waals surface area contributed by atoms with Gasteiger partial charge in [-0.1, -0.05) is 6.92 Å². The van der Waals surface area contributed by atoms with Gasteiger partial charge < -0.3 is 15.2 Å². The first-order valence-corrected chi connectivity index (χ1v) is 6.30. The standard InChI is InChI=1S/C13H19N3O2.ClH/c1-3-13(7-4-8-14-13)12(18)15-10-5-6-11(17)16(2)9-10;/h5-6,9,14H,3-4,7-8H2,1-2H3,(H,15,18);1H. The number of amides is 1. The molecule has 0 saturated carbocycles. The zero-order chi connectivity index (χ0) is 13.2. The van der Waals surface area contributed by atoms with E-state index >= 15 is 0 Å². The predicted molar refractivity (Wildman–Crippen MR) is 77.8 cm³/mol. The zero-order valence-electron chi connectivity index (χ0n) is 11.2. The third-order valence-electron chi connectivity index (χ3n) is 3.63. The third kappa shape index (κ3) is 3.16. The summed E-state index contributed by atoms with van der Waals surface area (Å²) in [6, 6.07) is 3.09. The molecule has 1 fully saturated rings. The molecule has 106 valence electrons.